The average molecular weight is 291 g/mol. The van der Waals surface area contributed by atoms with Gasteiger partial charge < -0.3 is 9.64 Å². The van der Waals surface area contributed by atoms with Crippen molar-refractivity contribution in [3.63, 3.8) is 0 Å². The molecule has 1 atom stereocenters. The Bertz CT molecular complexity index is 414. The van der Waals surface area contributed by atoms with Crippen LogP contribution in [0, 0.1) is 5.92 Å². The summed E-state index contributed by atoms with van der Waals surface area (Å²) in [6.07, 6.45) is 2.49. The van der Waals surface area contributed by atoms with Gasteiger partial charge in [-0.3, -0.25) is 0 Å². The van der Waals surface area contributed by atoms with Crippen LogP contribution < -0.4 is 4.90 Å². The molecule has 0 aromatic carbocycles. The van der Waals surface area contributed by atoms with E-state index in [1.54, 1.807) is 7.11 Å². The molecule has 7 heteroatoms. The molecule has 0 amide bonds. The molecule has 0 saturated heterocycles. The zero-order chi connectivity index (χ0) is 13.1. The molecule has 0 N–H and O–H groups in total. The van der Waals surface area contributed by atoms with Crippen molar-refractivity contribution in [1.82, 2.24) is 15.2 Å². The normalized spacial score (nSPS) is 16.7. The SMILES string of the molecule is COCCN(c1nc(Cl)nnc1Cl)C(C)C1CC1. The number of aromatic nitrogens is 3. The first-order valence-corrected chi connectivity index (χ1v) is 6.70. The second kappa shape index (κ2) is 5.99. The van der Waals surface area contributed by atoms with Crippen LogP contribution in [-0.4, -0.2) is 41.5 Å². The molecule has 1 saturated carbocycles. The molecule has 1 aliphatic rings. The maximum absolute atomic E-state index is 6.06. The van der Waals surface area contributed by atoms with Crippen LogP contribution in [-0.2, 0) is 4.74 Å². The third-order valence-electron chi connectivity index (χ3n) is 3.21. The van der Waals surface area contributed by atoms with Crippen LogP contribution in [0.1, 0.15) is 19.8 Å². The molecule has 1 fully saturated rings. The lowest BCUT2D eigenvalue weighted by atomic mass is 10.2. The zero-order valence-electron chi connectivity index (χ0n) is 10.4. The van der Waals surface area contributed by atoms with Crippen LogP contribution in [0.2, 0.25) is 10.4 Å². The summed E-state index contributed by atoms with van der Waals surface area (Å²) >= 11 is 11.9. The lowest BCUT2D eigenvalue weighted by Crippen LogP contribution is -2.38. The van der Waals surface area contributed by atoms with Crippen LogP contribution in [0.4, 0.5) is 5.82 Å². The van der Waals surface area contributed by atoms with E-state index >= 15 is 0 Å². The largest absolute Gasteiger partial charge is 0.383 e. The van der Waals surface area contributed by atoms with Gasteiger partial charge in [0.15, 0.2) is 11.0 Å². The number of nitrogens with zero attached hydrogens (tertiary/aromatic N) is 4. The summed E-state index contributed by atoms with van der Waals surface area (Å²) in [6, 6.07) is 0.352. The van der Waals surface area contributed by atoms with Crippen LogP contribution >= 0.6 is 23.2 Å². The number of ether oxygens (including phenoxy) is 1. The monoisotopic (exact) mass is 290 g/mol. The van der Waals surface area contributed by atoms with Gasteiger partial charge in [0, 0.05) is 19.7 Å². The smallest absolute Gasteiger partial charge is 0.245 e. The molecule has 100 valence electrons. The Labute approximate surface area is 116 Å². The van der Waals surface area contributed by atoms with E-state index in [-0.39, 0.29) is 10.4 Å². The summed E-state index contributed by atoms with van der Waals surface area (Å²) in [4.78, 5) is 6.29. The van der Waals surface area contributed by atoms with Gasteiger partial charge in [-0.25, -0.2) is 0 Å². The number of methoxy groups -OCH3 is 1. The Kier molecular flexibility index (Phi) is 4.59. The molecular weight excluding hydrogens is 275 g/mol. The van der Waals surface area contributed by atoms with Gasteiger partial charge >= 0.3 is 0 Å². The summed E-state index contributed by atoms with van der Waals surface area (Å²) in [6.45, 7) is 3.48. The Morgan fingerprint density at radius 3 is 2.72 bits per heavy atom. The molecule has 0 radical (unpaired) electrons. The molecule has 1 aromatic heterocycles. The highest BCUT2D eigenvalue weighted by atomic mass is 35.5. The Morgan fingerprint density at radius 2 is 2.11 bits per heavy atom. The van der Waals surface area contributed by atoms with Crippen molar-refractivity contribution in [2.24, 2.45) is 5.92 Å². The number of hydrogen-bond donors (Lipinski definition) is 0. The lowest BCUT2D eigenvalue weighted by Gasteiger charge is -2.30. The number of halogens is 2. The van der Waals surface area contributed by atoms with Gasteiger partial charge in [-0.2, -0.15) is 4.98 Å². The van der Waals surface area contributed by atoms with Crippen molar-refractivity contribution in [3.05, 3.63) is 10.4 Å². The Morgan fingerprint density at radius 1 is 1.39 bits per heavy atom. The molecule has 0 spiro atoms. The fourth-order valence-electron chi connectivity index (χ4n) is 1.99. The van der Waals surface area contributed by atoms with E-state index in [2.05, 4.69) is 27.0 Å². The topological polar surface area (TPSA) is 51.1 Å². The molecular formula is C11H16Cl2N4O. The summed E-state index contributed by atoms with van der Waals surface area (Å²) < 4.78 is 5.13. The standard InChI is InChI=1S/C11H16Cl2N4O/c1-7(8-3-4-8)17(5-6-18-2)10-9(12)15-16-11(13)14-10/h7-8H,3-6H2,1-2H3. The third kappa shape index (κ3) is 3.22. The second-order valence-corrected chi connectivity index (χ2v) is 5.16. The summed E-state index contributed by atoms with van der Waals surface area (Å²) in [5.74, 6) is 1.28. The number of rotatable bonds is 6. The van der Waals surface area contributed by atoms with Gasteiger partial charge in [0.2, 0.25) is 5.28 Å². The van der Waals surface area contributed by atoms with Gasteiger partial charge in [0.05, 0.1) is 6.61 Å². The predicted molar refractivity (Wildman–Crippen MR) is 71.3 cm³/mol. The zero-order valence-corrected chi connectivity index (χ0v) is 11.9. The minimum absolute atomic E-state index is 0.111. The molecule has 1 aliphatic carbocycles. The van der Waals surface area contributed by atoms with Crippen molar-refractivity contribution in [2.45, 2.75) is 25.8 Å². The quantitative estimate of drug-likeness (QED) is 0.805. The Hall–Kier alpha value is -0.650. The van der Waals surface area contributed by atoms with Gasteiger partial charge in [-0.15, -0.1) is 10.2 Å². The highest BCUT2D eigenvalue weighted by Crippen LogP contribution is 2.37. The van der Waals surface area contributed by atoms with Gasteiger partial charge in [0.1, 0.15) is 0 Å². The van der Waals surface area contributed by atoms with Crippen molar-refractivity contribution in [2.75, 3.05) is 25.2 Å². The molecule has 1 unspecified atom stereocenters. The van der Waals surface area contributed by atoms with E-state index in [4.69, 9.17) is 27.9 Å². The first-order chi connectivity index (χ1) is 8.63. The van der Waals surface area contributed by atoms with Crippen LogP contribution in [0.5, 0.6) is 0 Å². The highest BCUT2D eigenvalue weighted by Gasteiger charge is 2.33. The molecule has 2 rings (SSSR count). The molecule has 1 aromatic rings. The molecule has 0 aliphatic heterocycles. The van der Waals surface area contributed by atoms with E-state index in [1.165, 1.54) is 12.8 Å². The van der Waals surface area contributed by atoms with E-state index in [9.17, 15) is 0 Å². The van der Waals surface area contributed by atoms with Gasteiger partial charge in [0.25, 0.3) is 0 Å². The third-order valence-corrected chi connectivity index (χ3v) is 3.61. The van der Waals surface area contributed by atoms with E-state index in [0.717, 1.165) is 0 Å². The fourth-order valence-corrected chi connectivity index (χ4v) is 2.30. The number of hydrogen-bond acceptors (Lipinski definition) is 5. The molecule has 18 heavy (non-hydrogen) atoms. The molecule has 5 nitrogen and oxygen atoms in total. The van der Waals surface area contributed by atoms with E-state index in [1.807, 2.05) is 0 Å². The van der Waals surface area contributed by atoms with Crippen molar-refractivity contribution < 1.29 is 4.74 Å². The van der Waals surface area contributed by atoms with Crippen molar-refractivity contribution in [3.8, 4) is 0 Å². The highest BCUT2D eigenvalue weighted by molar-refractivity contribution is 6.32. The molecule has 0 bridgehead atoms. The van der Waals surface area contributed by atoms with Crippen LogP contribution in [0.3, 0.4) is 0 Å². The van der Waals surface area contributed by atoms with Crippen molar-refractivity contribution >= 4 is 29.0 Å². The van der Waals surface area contributed by atoms with Crippen LogP contribution in [0.25, 0.3) is 0 Å². The molecule has 1 heterocycles. The summed E-state index contributed by atoms with van der Waals surface area (Å²) in [5, 5.41) is 7.84. The maximum Gasteiger partial charge on any atom is 0.245 e. The second-order valence-electron chi connectivity index (χ2n) is 4.46. The first-order valence-electron chi connectivity index (χ1n) is 5.94. The predicted octanol–water partition coefficient (Wildman–Crippen LogP) is 2.43. The van der Waals surface area contributed by atoms with E-state index < -0.39 is 0 Å². The minimum atomic E-state index is 0.111. The number of anilines is 1. The van der Waals surface area contributed by atoms with E-state index in [0.29, 0.717) is 30.9 Å². The Balaban J connectivity index is 2.22. The van der Waals surface area contributed by atoms with Gasteiger partial charge in [-0.05, 0) is 37.3 Å². The fraction of sp³-hybridized carbons (Fsp3) is 0.727. The minimum Gasteiger partial charge on any atom is -0.383 e. The lowest BCUT2D eigenvalue weighted by molar-refractivity contribution is 0.202. The average Bonchev–Trinajstić information content (AvgIpc) is 3.17. The van der Waals surface area contributed by atoms with Gasteiger partial charge in [-0.1, -0.05) is 11.6 Å². The maximum atomic E-state index is 6.06. The first kappa shape index (κ1) is 13.8. The summed E-state index contributed by atoms with van der Waals surface area (Å²) in [5.41, 5.74) is 0. The summed E-state index contributed by atoms with van der Waals surface area (Å²) in [7, 11) is 1.67. The van der Waals surface area contributed by atoms with Crippen LogP contribution in [0.15, 0.2) is 0 Å². The van der Waals surface area contributed by atoms with Crippen molar-refractivity contribution in [1.29, 1.82) is 0 Å².